The van der Waals surface area contributed by atoms with Gasteiger partial charge in [0, 0.05) is 24.4 Å². The first-order chi connectivity index (χ1) is 14.2. The van der Waals surface area contributed by atoms with Crippen molar-refractivity contribution in [1.82, 2.24) is 14.8 Å². The van der Waals surface area contributed by atoms with Gasteiger partial charge in [-0.2, -0.15) is 0 Å². The van der Waals surface area contributed by atoms with E-state index >= 15 is 0 Å². The number of nitrogens with one attached hydrogen (secondary N) is 1. The summed E-state index contributed by atoms with van der Waals surface area (Å²) in [5.41, 5.74) is -1.96. The average molecular weight is 421 g/mol. The monoisotopic (exact) mass is 421 g/mol. The normalized spacial score (nSPS) is 20.1. The SMILES string of the molecule is C[C@H]1CO[C@@H]2Cn3cc(C(=O)NCc4cc(O)c(F)cc4F)c(=O)c(O)c3C(=O)N12. The van der Waals surface area contributed by atoms with Crippen LogP contribution in [-0.4, -0.2) is 50.4 Å². The van der Waals surface area contributed by atoms with Gasteiger partial charge in [-0.1, -0.05) is 0 Å². The first-order valence-electron chi connectivity index (χ1n) is 9.04. The molecule has 0 saturated carbocycles. The number of carbonyl (C=O) groups is 2. The molecule has 158 valence electrons. The molecule has 1 aromatic carbocycles. The van der Waals surface area contributed by atoms with Crippen LogP contribution in [-0.2, 0) is 17.8 Å². The second-order valence-corrected chi connectivity index (χ2v) is 7.15. The van der Waals surface area contributed by atoms with Crippen LogP contribution in [0.25, 0.3) is 0 Å². The summed E-state index contributed by atoms with van der Waals surface area (Å²) in [6, 6.07) is 1.06. The predicted molar refractivity (Wildman–Crippen MR) is 96.9 cm³/mol. The number of amides is 2. The summed E-state index contributed by atoms with van der Waals surface area (Å²) in [5.74, 6) is -5.32. The van der Waals surface area contributed by atoms with E-state index in [9.17, 15) is 33.4 Å². The molecule has 0 unspecified atom stereocenters. The van der Waals surface area contributed by atoms with E-state index in [2.05, 4.69) is 5.32 Å². The molecular formula is C19H17F2N3O6. The summed E-state index contributed by atoms with van der Waals surface area (Å²) in [4.78, 5) is 39.1. The molecule has 1 saturated heterocycles. The van der Waals surface area contributed by atoms with Crippen LogP contribution in [0.15, 0.2) is 23.1 Å². The summed E-state index contributed by atoms with van der Waals surface area (Å²) in [6.07, 6.45) is 0.543. The molecule has 0 aliphatic carbocycles. The van der Waals surface area contributed by atoms with E-state index in [0.717, 1.165) is 12.3 Å². The number of halogens is 2. The molecule has 1 fully saturated rings. The molecule has 0 spiro atoms. The third-order valence-electron chi connectivity index (χ3n) is 5.16. The summed E-state index contributed by atoms with van der Waals surface area (Å²) in [5, 5.41) is 21.9. The molecule has 3 heterocycles. The lowest BCUT2D eigenvalue weighted by molar-refractivity contribution is 0.00624. The maximum absolute atomic E-state index is 13.8. The fourth-order valence-corrected chi connectivity index (χ4v) is 3.62. The molecular weight excluding hydrogens is 404 g/mol. The zero-order valence-corrected chi connectivity index (χ0v) is 15.7. The first kappa shape index (κ1) is 19.8. The number of ether oxygens (including phenoxy) is 1. The summed E-state index contributed by atoms with van der Waals surface area (Å²) in [6.45, 7) is 1.74. The Labute approximate surface area is 168 Å². The van der Waals surface area contributed by atoms with Crippen molar-refractivity contribution in [3.8, 4) is 11.5 Å². The zero-order valence-electron chi connectivity index (χ0n) is 15.7. The lowest BCUT2D eigenvalue weighted by atomic mass is 10.1. The third-order valence-corrected chi connectivity index (χ3v) is 5.16. The number of aromatic hydroxyl groups is 2. The molecule has 0 bridgehead atoms. The van der Waals surface area contributed by atoms with Crippen molar-refractivity contribution in [2.45, 2.75) is 32.3 Å². The Bertz CT molecular complexity index is 1130. The van der Waals surface area contributed by atoms with Crippen LogP contribution < -0.4 is 10.7 Å². The van der Waals surface area contributed by atoms with Crippen molar-refractivity contribution >= 4 is 11.8 Å². The number of aromatic nitrogens is 1. The van der Waals surface area contributed by atoms with Crippen LogP contribution in [0.5, 0.6) is 11.5 Å². The molecule has 0 radical (unpaired) electrons. The van der Waals surface area contributed by atoms with Gasteiger partial charge in [0.15, 0.2) is 29.2 Å². The van der Waals surface area contributed by atoms with Crippen LogP contribution in [0.1, 0.15) is 33.3 Å². The number of nitrogens with zero attached hydrogens (tertiary/aromatic N) is 2. The molecule has 3 N–H and O–H groups in total. The van der Waals surface area contributed by atoms with Gasteiger partial charge in [0.05, 0.1) is 19.2 Å². The van der Waals surface area contributed by atoms with Crippen LogP contribution in [0.2, 0.25) is 0 Å². The minimum atomic E-state index is -1.15. The largest absolute Gasteiger partial charge is 0.505 e. The van der Waals surface area contributed by atoms with Crippen LogP contribution in [0.4, 0.5) is 8.78 Å². The smallest absolute Gasteiger partial charge is 0.276 e. The Morgan fingerprint density at radius 3 is 2.73 bits per heavy atom. The van der Waals surface area contributed by atoms with Crippen LogP contribution in [0, 0.1) is 11.6 Å². The maximum atomic E-state index is 13.8. The quantitative estimate of drug-likeness (QED) is 0.670. The Morgan fingerprint density at radius 1 is 1.27 bits per heavy atom. The third kappa shape index (κ3) is 3.07. The van der Waals surface area contributed by atoms with Gasteiger partial charge in [0.2, 0.25) is 5.43 Å². The minimum absolute atomic E-state index is 0.111. The number of fused-ring (bicyclic) bond motifs is 2. The van der Waals surface area contributed by atoms with Crippen LogP contribution in [0.3, 0.4) is 0 Å². The van der Waals surface area contributed by atoms with E-state index in [1.165, 1.54) is 9.47 Å². The van der Waals surface area contributed by atoms with Crippen molar-refractivity contribution in [1.29, 1.82) is 0 Å². The van der Waals surface area contributed by atoms with Crippen molar-refractivity contribution in [3.05, 3.63) is 57.0 Å². The number of hydrogen-bond donors (Lipinski definition) is 3. The van der Waals surface area contributed by atoms with Crippen LogP contribution >= 0.6 is 0 Å². The number of phenolic OH excluding ortho intramolecular Hbond substituents is 1. The van der Waals surface area contributed by atoms with Crippen molar-refractivity contribution < 1.29 is 33.3 Å². The molecule has 11 heteroatoms. The lowest BCUT2D eigenvalue weighted by Gasteiger charge is -2.33. The van der Waals surface area contributed by atoms with Gasteiger partial charge in [0.25, 0.3) is 11.8 Å². The van der Waals surface area contributed by atoms with Gasteiger partial charge in [-0.05, 0) is 13.0 Å². The maximum Gasteiger partial charge on any atom is 0.276 e. The molecule has 2 aromatic rings. The Balaban J connectivity index is 1.62. The summed E-state index contributed by atoms with van der Waals surface area (Å²) >= 11 is 0. The fourth-order valence-electron chi connectivity index (χ4n) is 3.62. The topological polar surface area (TPSA) is 121 Å². The van der Waals surface area contributed by atoms with E-state index in [-0.39, 0.29) is 23.8 Å². The number of benzene rings is 1. The Morgan fingerprint density at radius 2 is 2.00 bits per heavy atom. The molecule has 2 atom stereocenters. The number of pyridine rings is 1. The second-order valence-electron chi connectivity index (χ2n) is 7.15. The fraction of sp³-hybridized carbons (Fsp3) is 0.316. The van der Waals surface area contributed by atoms with E-state index in [1.54, 1.807) is 6.92 Å². The van der Waals surface area contributed by atoms with Crippen molar-refractivity contribution in [3.63, 3.8) is 0 Å². The van der Waals surface area contributed by atoms with E-state index in [1.807, 2.05) is 0 Å². The van der Waals surface area contributed by atoms with Gasteiger partial charge in [-0.15, -0.1) is 0 Å². The van der Waals surface area contributed by atoms with Gasteiger partial charge in [-0.25, -0.2) is 8.78 Å². The van der Waals surface area contributed by atoms with Crippen molar-refractivity contribution in [2.75, 3.05) is 6.61 Å². The summed E-state index contributed by atoms with van der Waals surface area (Å²) in [7, 11) is 0. The molecule has 1 aromatic heterocycles. The highest BCUT2D eigenvalue weighted by molar-refractivity contribution is 5.99. The minimum Gasteiger partial charge on any atom is -0.505 e. The Kier molecular flexibility index (Phi) is 4.69. The number of rotatable bonds is 3. The predicted octanol–water partition coefficient (Wildman–Crippen LogP) is 0.668. The van der Waals surface area contributed by atoms with Gasteiger partial charge < -0.3 is 29.7 Å². The molecule has 2 aliphatic rings. The van der Waals surface area contributed by atoms with Gasteiger partial charge in [0.1, 0.15) is 11.4 Å². The number of hydrogen-bond acceptors (Lipinski definition) is 6. The highest BCUT2D eigenvalue weighted by atomic mass is 19.1. The molecule has 2 aliphatic heterocycles. The zero-order chi connectivity index (χ0) is 21.7. The first-order valence-corrected chi connectivity index (χ1v) is 9.04. The number of phenols is 1. The van der Waals surface area contributed by atoms with E-state index in [0.29, 0.717) is 12.7 Å². The van der Waals surface area contributed by atoms with E-state index in [4.69, 9.17) is 4.74 Å². The lowest BCUT2D eigenvalue weighted by Crippen LogP contribution is -2.49. The molecule has 9 nitrogen and oxygen atoms in total. The van der Waals surface area contributed by atoms with E-state index < -0.39 is 58.7 Å². The highest BCUT2D eigenvalue weighted by Gasteiger charge is 2.42. The standard InChI is InChI=1S/C19H17F2N3O6/c1-8-7-30-14-6-23-5-10(16(26)17(27)15(23)19(29)24(8)14)18(28)22-4-9-2-13(25)12(21)3-11(9)20/h2-3,5,8,14,25,27H,4,6-7H2,1H3,(H,22,28)/t8-,14+/m0/s1. The Hall–Kier alpha value is -3.47. The second kappa shape index (κ2) is 7.10. The molecule has 4 rings (SSSR count). The van der Waals surface area contributed by atoms with Gasteiger partial charge >= 0.3 is 0 Å². The van der Waals surface area contributed by atoms with Gasteiger partial charge in [-0.3, -0.25) is 14.4 Å². The number of carbonyl (C=O) groups excluding carboxylic acids is 2. The van der Waals surface area contributed by atoms with Crippen molar-refractivity contribution in [2.24, 2.45) is 0 Å². The highest BCUT2D eigenvalue weighted by Crippen LogP contribution is 2.29. The molecule has 30 heavy (non-hydrogen) atoms. The average Bonchev–Trinajstić information content (AvgIpc) is 3.07. The summed E-state index contributed by atoms with van der Waals surface area (Å²) < 4.78 is 33.7. The molecule has 2 amide bonds.